The van der Waals surface area contributed by atoms with Crippen LogP contribution in [0.15, 0.2) is 16.3 Å². The van der Waals surface area contributed by atoms with Gasteiger partial charge in [-0.05, 0) is 38.3 Å². The van der Waals surface area contributed by atoms with Crippen LogP contribution in [0.2, 0.25) is 0 Å². The predicted molar refractivity (Wildman–Crippen MR) is 62.8 cm³/mol. The molecule has 2 heteroatoms. The van der Waals surface area contributed by atoms with Gasteiger partial charge in [-0.25, -0.2) is 0 Å². The van der Waals surface area contributed by atoms with Gasteiger partial charge < -0.3 is 4.90 Å². The van der Waals surface area contributed by atoms with Crippen molar-refractivity contribution in [3.63, 3.8) is 0 Å². The summed E-state index contributed by atoms with van der Waals surface area (Å²) in [7, 11) is 0. The molecule has 2 nitrogen and oxygen atoms in total. The van der Waals surface area contributed by atoms with E-state index in [9.17, 15) is 0 Å². The summed E-state index contributed by atoms with van der Waals surface area (Å²) in [4.78, 5) is 6.96. The number of likely N-dealkylation sites (tertiary alicyclic amines) is 1. The standard InChI is InChI=1S/C12H22N2/c1-4-12(13-5-2)11-7-9-14(6-3)10-8-11/h5H,4,6-10H2,1-3H3. The first kappa shape index (κ1) is 11.4. The molecule has 0 radical (unpaired) electrons. The second-order valence-corrected chi connectivity index (χ2v) is 3.73. The molecule has 0 aromatic carbocycles. The van der Waals surface area contributed by atoms with Crippen molar-refractivity contribution in [3.8, 4) is 0 Å². The maximum absolute atomic E-state index is 4.45. The number of aliphatic imine (C=N–C) groups is 1. The Morgan fingerprint density at radius 3 is 2.43 bits per heavy atom. The Labute approximate surface area is 87.7 Å². The Balaban J connectivity index is 2.61. The van der Waals surface area contributed by atoms with Crippen LogP contribution in [-0.2, 0) is 0 Å². The average Bonchev–Trinajstić information content (AvgIpc) is 2.26. The van der Waals surface area contributed by atoms with E-state index in [1.54, 1.807) is 5.57 Å². The summed E-state index contributed by atoms with van der Waals surface area (Å²) < 4.78 is 0. The summed E-state index contributed by atoms with van der Waals surface area (Å²) in [6, 6.07) is 0. The maximum atomic E-state index is 4.45. The molecule has 1 saturated heterocycles. The quantitative estimate of drug-likeness (QED) is 0.631. The monoisotopic (exact) mass is 194 g/mol. The third-order valence-electron chi connectivity index (χ3n) is 2.93. The lowest BCUT2D eigenvalue weighted by Crippen LogP contribution is -2.30. The van der Waals surface area contributed by atoms with E-state index in [1.807, 2.05) is 13.1 Å². The number of hydrogen-bond acceptors (Lipinski definition) is 2. The molecule has 80 valence electrons. The third kappa shape index (κ3) is 2.95. The van der Waals surface area contributed by atoms with Gasteiger partial charge in [0.25, 0.3) is 0 Å². The summed E-state index contributed by atoms with van der Waals surface area (Å²) in [5.41, 5.74) is 2.90. The fourth-order valence-corrected chi connectivity index (χ4v) is 2.02. The first-order valence-corrected chi connectivity index (χ1v) is 5.73. The highest BCUT2D eigenvalue weighted by atomic mass is 15.1. The molecule has 1 heterocycles. The van der Waals surface area contributed by atoms with E-state index < -0.39 is 0 Å². The molecule has 1 rings (SSSR count). The van der Waals surface area contributed by atoms with Crippen molar-refractivity contribution in [1.29, 1.82) is 0 Å². The zero-order chi connectivity index (χ0) is 10.4. The van der Waals surface area contributed by atoms with Gasteiger partial charge in [-0.15, -0.1) is 0 Å². The topological polar surface area (TPSA) is 15.6 Å². The van der Waals surface area contributed by atoms with Gasteiger partial charge >= 0.3 is 0 Å². The maximum Gasteiger partial charge on any atom is 0.0389 e. The van der Waals surface area contributed by atoms with Crippen molar-refractivity contribution >= 4 is 6.21 Å². The van der Waals surface area contributed by atoms with Gasteiger partial charge in [0, 0.05) is 25.0 Å². The number of piperidine rings is 1. The van der Waals surface area contributed by atoms with Crippen molar-refractivity contribution < 1.29 is 0 Å². The fourth-order valence-electron chi connectivity index (χ4n) is 2.02. The SMILES string of the molecule is CC=NC(CC)=C1CCN(CC)CC1. The fraction of sp³-hybridized carbons (Fsp3) is 0.750. The number of nitrogens with zero attached hydrogens (tertiary/aromatic N) is 2. The van der Waals surface area contributed by atoms with Crippen LogP contribution in [-0.4, -0.2) is 30.7 Å². The normalized spacial score (nSPS) is 19.2. The molecule has 1 fully saturated rings. The third-order valence-corrected chi connectivity index (χ3v) is 2.93. The minimum Gasteiger partial charge on any atom is -0.303 e. The van der Waals surface area contributed by atoms with Gasteiger partial charge in [-0.2, -0.15) is 0 Å². The molecule has 0 aliphatic carbocycles. The van der Waals surface area contributed by atoms with Crippen LogP contribution in [0.3, 0.4) is 0 Å². The van der Waals surface area contributed by atoms with Crippen LogP contribution in [0.1, 0.15) is 40.0 Å². The molecule has 0 aromatic rings. The molecule has 1 aliphatic heterocycles. The van der Waals surface area contributed by atoms with E-state index in [0.29, 0.717) is 0 Å². The lowest BCUT2D eigenvalue weighted by atomic mass is 10.0. The zero-order valence-electron chi connectivity index (χ0n) is 9.71. The number of allylic oxidation sites excluding steroid dienone is 1. The highest BCUT2D eigenvalue weighted by Gasteiger charge is 2.14. The molecule has 0 unspecified atom stereocenters. The molecule has 1 aliphatic rings. The first-order valence-electron chi connectivity index (χ1n) is 5.73. The Kier molecular flexibility index (Phi) is 4.88. The predicted octanol–water partition coefficient (Wildman–Crippen LogP) is 2.86. The van der Waals surface area contributed by atoms with Crippen molar-refractivity contribution in [3.05, 3.63) is 11.3 Å². The Hall–Kier alpha value is -0.630. The summed E-state index contributed by atoms with van der Waals surface area (Å²) in [6.07, 6.45) is 5.42. The van der Waals surface area contributed by atoms with Gasteiger partial charge in [0.1, 0.15) is 0 Å². The van der Waals surface area contributed by atoms with E-state index >= 15 is 0 Å². The second-order valence-electron chi connectivity index (χ2n) is 3.73. The van der Waals surface area contributed by atoms with Crippen LogP contribution in [0, 0.1) is 0 Å². The zero-order valence-corrected chi connectivity index (χ0v) is 9.71. The molecular formula is C12H22N2. The minimum absolute atomic E-state index is 1.08. The van der Waals surface area contributed by atoms with Crippen LogP contribution in [0.4, 0.5) is 0 Å². The van der Waals surface area contributed by atoms with Crippen LogP contribution in [0.25, 0.3) is 0 Å². The van der Waals surface area contributed by atoms with E-state index in [4.69, 9.17) is 0 Å². The molecular weight excluding hydrogens is 172 g/mol. The summed E-state index contributed by atoms with van der Waals surface area (Å²) in [5, 5.41) is 0. The van der Waals surface area contributed by atoms with Crippen molar-refractivity contribution in [1.82, 2.24) is 4.90 Å². The Bertz CT molecular complexity index is 218. The summed E-state index contributed by atoms with van der Waals surface area (Å²) in [6.45, 7) is 10.0. The highest BCUT2D eigenvalue weighted by Crippen LogP contribution is 2.22. The Morgan fingerprint density at radius 2 is 2.00 bits per heavy atom. The molecule has 0 spiro atoms. The van der Waals surface area contributed by atoms with Crippen molar-refractivity contribution in [2.24, 2.45) is 4.99 Å². The van der Waals surface area contributed by atoms with Gasteiger partial charge in [0.05, 0.1) is 0 Å². The van der Waals surface area contributed by atoms with E-state index in [-0.39, 0.29) is 0 Å². The lowest BCUT2D eigenvalue weighted by molar-refractivity contribution is 0.268. The van der Waals surface area contributed by atoms with Crippen molar-refractivity contribution in [2.75, 3.05) is 19.6 Å². The van der Waals surface area contributed by atoms with Gasteiger partial charge in [0.2, 0.25) is 0 Å². The van der Waals surface area contributed by atoms with Crippen molar-refractivity contribution in [2.45, 2.75) is 40.0 Å². The first-order chi connectivity index (χ1) is 6.81. The van der Waals surface area contributed by atoms with E-state index in [1.165, 1.54) is 38.2 Å². The Morgan fingerprint density at radius 1 is 1.36 bits per heavy atom. The van der Waals surface area contributed by atoms with Gasteiger partial charge in [0.15, 0.2) is 0 Å². The minimum atomic E-state index is 1.08. The van der Waals surface area contributed by atoms with E-state index in [2.05, 4.69) is 23.7 Å². The molecule has 0 amide bonds. The van der Waals surface area contributed by atoms with Crippen LogP contribution < -0.4 is 0 Å². The molecule has 0 N–H and O–H groups in total. The number of hydrogen-bond donors (Lipinski definition) is 0. The molecule has 0 bridgehead atoms. The summed E-state index contributed by atoms with van der Waals surface area (Å²) >= 11 is 0. The van der Waals surface area contributed by atoms with E-state index in [0.717, 1.165) is 6.42 Å². The molecule has 0 atom stereocenters. The second kappa shape index (κ2) is 5.97. The van der Waals surface area contributed by atoms with Crippen LogP contribution >= 0.6 is 0 Å². The summed E-state index contributed by atoms with van der Waals surface area (Å²) in [5.74, 6) is 0. The smallest absolute Gasteiger partial charge is 0.0389 e. The van der Waals surface area contributed by atoms with Gasteiger partial charge in [-0.1, -0.05) is 13.8 Å². The molecule has 0 aromatic heterocycles. The highest BCUT2D eigenvalue weighted by molar-refractivity contribution is 5.55. The van der Waals surface area contributed by atoms with Crippen LogP contribution in [0.5, 0.6) is 0 Å². The number of rotatable bonds is 3. The molecule has 0 saturated carbocycles. The molecule has 14 heavy (non-hydrogen) atoms. The largest absolute Gasteiger partial charge is 0.303 e. The van der Waals surface area contributed by atoms with Gasteiger partial charge in [-0.3, -0.25) is 4.99 Å². The average molecular weight is 194 g/mol. The lowest BCUT2D eigenvalue weighted by Gasteiger charge is -2.27.